The zero-order valence-corrected chi connectivity index (χ0v) is 13.6. The number of methoxy groups -OCH3 is 1. The van der Waals surface area contributed by atoms with Gasteiger partial charge in [-0.2, -0.15) is 5.10 Å². The van der Waals surface area contributed by atoms with Crippen LogP contribution in [-0.2, 0) is 4.79 Å². The van der Waals surface area contributed by atoms with Crippen LogP contribution in [0.5, 0.6) is 5.75 Å². The SMILES string of the molecule is COc1ccc(C(C)=NNC(=O)CNc2ccccc2C)cc1. The summed E-state index contributed by atoms with van der Waals surface area (Å²) < 4.78 is 5.11. The first-order valence-corrected chi connectivity index (χ1v) is 7.37. The largest absolute Gasteiger partial charge is 0.497 e. The highest BCUT2D eigenvalue weighted by Crippen LogP contribution is 2.13. The van der Waals surface area contributed by atoms with E-state index in [9.17, 15) is 4.79 Å². The third-order valence-corrected chi connectivity index (χ3v) is 3.44. The fourth-order valence-electron chi connectivity index (χ4n) is 2.03. The van der Waals surface area contributed by atoms with Gasteiger partial charge in [0.1, 0.15) is 5.75 Å². The number of benzene rings is 2. The summed E-state index contributed by atoms with van der Waals surface area (Å²) in [6, 6.07) is 15.3. The quantitative estimate of drug-likeness (QED) is 0.637. The van der Waals surface area contributed by atoms with Crippen LogP contribution in [-0.4, -0.2) is 25.3 Å². The summed E-state index contributed by atoms with van der Waals surface area (Å²) in [5, 5.41) is 7.21. The van der Waals surface area contributed by atoms with E-state index < -0.39 is 0 Å². The Labute approximate surface area is 136 Å². The van der Waals surface area contributed by atoms with Crippen LogP contribution in [0, 0.1) is 6.92 Å². The number of ether oxygens (including phenoxy) is 1. The Morgan fingerprint density at radius 1 is 1.13 bits per heavy atom. The van der Waals surface area contributed by atoms with Crippen molar-refractivity contribution in [3.8, 4) is 5.75 Å². The smallest absolute Gasteiger partial charge is 0.259 e. The van der Waals surface area contributed by atoms with Crippen LogP contribution in [0.3, 0.4) is 0 Å². The van der Waals surface area contributed by atoms with Gasteiger partial charge in [0.05, 0.1) is 19.4 Å². The second kappa shape index (κ2) is 7.98. The lowest BCUT2D eigenvalue weighted by atomic mass is 10.1. The standard InChI is InChI=1S/C18H21N3O2/c1-13-6-4-5-7-17(13)19-12-18(22)21-20-14(2)15-8-10-16(23-3)11-9-15/h4-11,19H,12H2,1-3H3,(H,21,22). The lowest BCUT2D eigenvalue weighted by Gasteiger charge is -2.08. The van der Waals surface area contributed by atoms with Crippen LogP contribution >= 0.6 is 0 Å². The molecule has 2 N–H and O–H groups in total. The third kappa shape index (κ3) is 4.85. The van der Waals surface area contributed by atoms with Gasteiger partial charge in [0, 0.05) is 5.69 Å². The maximum absolute atomic E-state index is 11.9. The summed E-state index contributed by atoms with van der Waals surface area (Å²) in [4.78, 5) is 11.9. The maximum Gasteiger partial charge on any atom is 0.259 e. The predicted molar refractivity (Wildman–Crippen MR) is 93.0 cm³/mol. The molecule has 0 saturated carbocycles. The normalized spacial score (nSPS) is 11.0. The van der Waals surface area contributed by atoms with E-state index in [1.165, 1.54) is 0 Å². The van der Waals surface area contributed by atoms with Gasteiger partial charge in [0.25, 0.3) is 5.91 Å². The van der Waals surface area contributed by atoms with Gasteiger partial charge < -0.3 is 10.1 Å². The number of para-hydroxylation sites is 1. The Balaban J connectivity index is 1.88. The number of nitrogens with zero attached hydrogens (tertiary/aromatic N) is 1. The zero-order valence-electron chi connectivity index (χ0n) is 13.6. The minimum absolute atomic E-state index is 0.171. The fourth-order valence-corrected chi connectivity index (χ4v) is 2.03. The molecule has 5 nitrogen and oxygen atoms in total. The molecule has 0 saturated heterocycles. The lowest BCUT2D eigenvalue weighted by Crippen LogP contribution is -2.27. The van der Waals surface area contributed by atoms with E-state index in [4.69, 9.17) is 4.74 Å². The van der Waals surface area contributed by atoms with E-state index in [1.807, 2.05) is 62.4 Å². The first kappa shape index (κ1) is 16.5. The number of nitrogens with one attached hydrogen (secondary N) is 2. The summed E-state index contributed by atoms with van der Waals surface area (Å²) in [5.74, 6) is 0.592. The van der Waals surface area contributed by atoms with Crippen LogP contribution in [0.1, 0.15) is 18.1 Å². The van der Waals surface area contributed by atoms with Gasteiger partial charge in [0.15, 0.2) is 0 Å². The van der Waals surface area contributed by atoms with Gasteiger partial charge in [-0.05, 0) is 55.3 Å². The molecule has 2 aromatic rings. The highest BCUT2D eigenvalue weighted by atomic mass is 16.5. The molecule has 0 spiro atoms. The minimum Gasteiger partial charge on any atom is -0.497 e. The molecule has 0 bridgehead atoms. The Kier molecular flexibility index (Phi) is 5.74. The second-order valence-corrected chi connectivity index (χ2v) is 5.13. The van der Waals surface area contributed by atoms with Crippen LogP contribution in [0.15, 0.2) is 53.6 Å². The molecule has 0 atom stereocenters. The van der Waals surface area contributed by atoms with E-state index in [0.29, 0.717) is 0 Å². The molecular weight excluding hydrogens is 290 g/mol. The van der Waals surface area contributed by atoms with Crippen molar-refractivity contribution in [2.75, 3.05) is 19.0 Å². The molecule has 0 aliphatic rings. The fraction of sp³-hybridized carbons (Fsp3) is 0.222. The average molecular weight is 311 g/mol. The molecule has 120 valence electrons. The average Bonchev–Trinajstić information content (AvgIpc) is 2.59. The Morgan fingerprint density at radius 3 is 2.48 bits per heavy atom. The molecule has 0 unspecified atom stereocenters. The molecule has 1 amide bonds. The number of anilines is 1. The topological polar surface area (TPSA) is 62.7 Å². The van der Waals surface area contributed by atoms with Crippen LogP contribution < -0.4 is 15.5 Å². The molecule has 5 heteroatoms. The number of carbonyl (C=O) groups is 1. The third-order valence-electron chi connectivity index (χ3n) is 3.44. The lowest BCUT2D eigenvalue weighted by molar-refractivity contribution is -0.119. The van der Waals surface area contributed by atoms with Crippen molar-refractivity contribution < 1.29 is 9.53 Å². The van der Waals surface area contributed by atoms with Crippen LogP contribution in [0.25, 0.3) is 0 Å². The molecule has 0 aliphatic carbocycles. The van der Waals surface area contributed by atoms with Gasteiger partial charge in [0.2, 0.25) is 0 Å². The van der Waals surface area contributed by atoms with Gasteiger partial charge in [-0.1, -0.05) is 18.2 Å². The van der Waals surface area contributed by atoms with Crippen molar-refractivity contribution in [2.24, 2.45) is 5.10 Å². The molecule has 0 radical (unpaired) electrons. The number of carbonyl (C=O) groups excluding carboxylic acids is 1. The van der Waals surface area contributed by atoms with Crippen molar-refractivity contribution in [3.63, 3.8) is 0 Å². The second-order valence-electron chi connectivity index (χ2n) is 5.13. The number of hydrazone groups is 1. The van der Waals surface area contributed by atoms with E-state index in [1.54, 1.807) is 7.11 Å². The van der Waals surface area contributed by atoms with Crippen molar-refractivity contribution in [3.05, 3.63) is 59.7 Å². The summed E-state index contributed by atoms with van der Waals surface area (Å²) in [5.41, 5.74) is 6.26. The molecule has 2 aromatic carbocycles. The molecule has 0 aromatic heterocycles. The van der Waals surface area contributed by atoms with Crippen molar-refractivity contribution >= 4 is 17.3 Å². The zero-order chi connectivity index (χ0) is 16.7. The van der Waals surface area contributed by atoms with Crippen molar-refractivity contribution in [2.45, 2.75) is 13.8 Å². The van der Waals surface area contributed by atoms with Crippen molar-refractivity contribution in [1.29, 1.82) is 0 Å². The summed E-state index contributed by atoms with van der Waals surface area (Å²) >= 11 is 0. The molecule has 2 rings (SSSR count). The molecule has 0 heterocycles. The van der Waals surface area contributed by atoms with Gasteiger partial charge in [-0.15, -0.1) is 0 Å². The summed E-state index contributed by atoms with van der Waals surface area (Å²) in [7, 11) is 1.62. The first-order chi connectivity index (χ1) is 11.1. The monoisotopic (exact) mass is 311 g/mol. The van der Waals surface area contributed by atoms with E-state index in [-0.39, 0.29) is 12.5 Å². The molecule has 0 aliphatic heterocycles. The first-order valence-electron chi connectivity index (χ1n) is 7.37. The predicted octanol–water partition coefficient (Wildman–Crippen LogP) is 2.96. The number of amides is 1. The minimum atomic E-state index is -0.193. The Morgan fingerprint density at radius 2 is 1.83 bits per heavy atom. The summed E-state index contributed by atoms with van der Waals surface area (Å²) in [6.07, 6.45) is 0. The number of hydrogen-bond acceptors (Lipinski definition) is 4. The number of rotatable bonds is 6. The Hall–Kier alpha value is -2.82. The van der Waals surface area contributed by atoms with E-state index in [2.05, 4.69) is 15.8 Å². The van der Waals surface area contributed by atoms with Crippen molar-refractivity contribution in [1.82, 2.24) is 5.43 Å². The van der Waals surface area contributed by atoms with Gasteiger partial charge in [-0.3, -0.25) is 4.79 Å². The highest BCUT2D eigenvalue weighted by Gasteiger charge is 2.03. The van der Waals surface area contributed by atoms with Crippen LogP contribution in [0.2, 0.25) is 0 Å². The number of hydrogen-bond donors (Lipinski definition) is 2. The number of aryl methyl sites for hydroxylation is 1. The maximum atomic E-state index is 11.9. The molecule has 23 heavy (non-hydrogen) atoms. The van der Waals surface area contributed by atoms with E-state index in [0.717, 1.165) is 28.3 Å². The summed E-state index contributed by atoms with van der Waals surface area (Å²) in [6.45, 7) is 4.01. The van der Waals surface area contributed by atoms with Gasteiger partial charge in [-0.25, -0.2) is 5.43 Å². The molecule has 0 fully saturated rings. The van der Waals surface area contributed by atoms with Crippen LogP contribution in [0.4, 0.5) is 5.69 Å². The highest BCUT2D eigenvalue weighted by molar-refractivity contribution is 5.99. The Bertz CT molecular complexity index is 694. The van der Waals surface area contributed by atoms with E-state index >= 15 is 0 Å². The van der Waals surface area contributed by atoms with Gasteiger partial charge >= 0.3 is 0 Å². The molecular formula is C18H21N3O2.